The van der Waals surface area contributed by atoms with Crippen molar-refractivity contribution in [3.8, 4) is 0 Å². The molecular formula is C30H66N6O. The number of nitrogens with zero attached hydrogens (tertiary/aromatic N) is 1. The summed E-state index contributed by atoms with van der Waals surface area (Å²) in [6.45, 7) is 32.9. The summed E-state index contributed by atoms with van der Waals surface area (Å²) < 4.78 is 0. The van der Waals surface area contributed by atoms with Gasteiger partial charge in [-0.3, -0.25) is 4.79 Å². The van der Waals surface area contributed by atoms with Gasteiger partial charge in [0.1, 0.15) is 0 Å². The zero-order valence-corrected chi connectivity index (χ0v) is 26.5. The molecule has 6 N–H and O–H groups in total. The lowest BCUT2D eigenvalue weighted by Gasteiger charge is -2.32. The Bertz CT molecular complexity index is 592. The molecule has 0 aromatic rings. The highest BCUT2D eigenvalue weighted by Crippen LogP contribution is 2.33. The highest BCUT2D eigenvalue weighted by Gasteiger charge is 2.26. The minimum atomic E-state index is 0.114. The molecule has 222 valence electrons. The van der Waals surface area contributed by atoms with Crippen LogP contribution in [0.4, 0.5) is 0 Å². The molecule has 0 fully saturated rings. The Labute approximate surface area is 231 Å². The van der Waals surface area contributed by atoms with Crippen LogP contribution < -0.4 is 27.0 Å². The Kier molecular flexibility index (Phi) is 17.4. The predicted octanol–water partition coefficient (Wildman–Crippen LogP) is 3.84. The number of nitrogens with one attached hydrogen (secondary N) is 4. The summed E-state index contributed by atoms with van der Waals surface area (Å²) in [7, 11) is 0. The minimum absolute atomic E-state index is 0.114. The number of nitrogens with two attached hydrogens (primary N) is 1. The molecule has 0 saturated heterocycles. The molecule has 0 heterocycles. The van der Waals surface area contributed by atoms with Crippen LogP contribution in [0.2, 0.25) is 0 Å². The second-order valence-corrected chi connectivity index (χ2v) is 15.0. The van der Waals surface area contributed by atoms with Gasteiger partial charge in [0, 0.05) is 65.3 Å². The molecule has 0 rings (SSSR count). The summed E-state index contributed by atoms with van der Waals surface area (Å²) in [6.07, 6.45) is 3.97. The normalized spacial score (nSPS) is 13.4. The van der Waals surface area contributed by atoms with E-state index in [9.17, 15) is 4.79 Å². The van der Waals surface area contributed by atoms with E-state index >= 15 is 0 Å². The third-order valence-electron chi connectivity index (χ3n) is 6.27. The molecule has 0 aromatic carbocycles. The molecule has 0 radical (unpaired) electrons. The lowest BCUT2D eigenvalue weighted by molar-refractivity contribution is -0.121. The third kappa shape index (κ3) is 24.1. The number of hydrogen-bond donors (Lipinski definition) is 5. The molecule has 7 heteroatoms. The predicted molar refractivity (Wildman–Crippen MR) is 162 cm³/mol. The first-order valence-electron chi connectivity index (χ1n) is 14.8. The van der Waals surface area contributed by atoms with Crippen LogP contribution in [0.15, 0.2) is 0 Å². The molecule has 0 spiro atoms. The standard InChI is InChI=1S/C30H66N6O/c1-27(2,3)22-29(7,8)24-34-14-11-19-36(20-13-31)21-18-33-17-16-32-15-12-26(37)35-25-30(9,10)23-28(4,5)6/h32-34H,11-25,31H2,1-10H3,(H,35,37). The van der Waals surface area contributed by atoms with E-state index in [2.05, 4.69) is 95.4 Å². The van der Waals surface area contributed by atoms with Gasteiger partial charge < -0.3 is 31.9 Å². The van der Waals surface area contributed by atoms with Crippen molar-refractivity contribution in [3.63, 3.8) is 0 Å². The summed E-state index contributed by atoms with van der Waals surface area (Å²) in [5.41, 5.74) is 6.90. The zero-order chi connectivity index (χ0) is 28.6. The first-order chi connectivity index (χ1) is 16.9. The molecule has 0 aliphatic heterocycles. The van der Waals surface area contributed by atoms with Crippen molar-refractivity contribution in [1.29, 1.82) is 0 Å². The van der Waals surface area contributed by atoms with Gasteiger partial charge in [-0.25, -0.2) is 0 Å². The van der Waals surface area contributed by atoms with Gasteiger partial charge in [-0.1, -0.05) is 69.2 Å². The van der Waals surface area contributed by atoms with Gasteiger partial charge in [-0.2, -0.15) is 0 Å². The Morgan fingerprint density at radius 2 is 1.19 bits per heavy atom. The molecule has 0 atom stereocenters. The molecule has 0 bridgehead atoms. The van der Waals surface area contributed by atoms with Crippen LogP contribution in [0.3, 0.4) is 0 Å². The van der Waals surface area contributed by atoms with Crippen molar-refractivity contribution in [3.05, 3.63) is 0 Å². The Morgan fingerprint density at radius 1 is 0.649 bits per heavy atom. The van der Waals surface area contributed by atoms with Crippen LogP contribution in [-0.4, -0.2) is 82.8 Å². The van der Waals surface area contributed by atoms with Crippen LogP contribution in [0, 0.1) is 21.7 Å². The largest absolute Gasteiger partial charge is 0.356 e. The van der Waals surface area contributed by atoms with E-state index in [1.54, 1.807) is 0 Å². The number of amides is 1. The van der Waals surface area contributed by atoms with Crippen LogP contribution >= 0.6 is 0 Å². The van der Waals surface area contributed by atoms with E-state index in [1.165, 1.54) is 6.42 Å². The van der Waals surface area contributed by atoms with Gasteiger partial charge in [0.25, 0.3) is 0 Å². The average molecular weight is 527 g/mol. The van der Waals surface area contributed by atoms with Crippen LogP contribution in [-0.2, 0) is 4.79 Å². The van der Waals surface area contributed by atoms with Gasteiger partial charge in [-0.15, -0.1) is 0 Å². The summed E-state index contributed by atoms with van der Waals surface area (Å²) in [6, 6.07) is 0. The van der Waals surface area contributed by atoms with E-state index in [-0.39, 0.29) is 16.7 Å². The molecular weight excluding hydrogens is 460 g/mol. The van der Waals surface area contributed by atoms with E-state index < -0.39 is 0 Å². The minimum Gasteiger partial charge on any atom is -0.356 e. The molecule has 0 aliphatic carbocycles. The van der Waals surface area contributed by atoms with Crippen molar-refractivity contribution in [2.24, 2.45) is 27.4 Å². The number of carbonyl (C=O) groups excluding carboxylic acids is 1. The van der Waals surface area contributed by atoms with Crippen molar-refractivity contribution >= 4 is 5.91 Å². The van der Waals surface area contributed by atoms with Crippen molar-refractivity contribution in [1.82, 2.24) is 26.2 Å². The van der Waals surface area contributed by atoms with Crippen LogP contribution in [0.5, 0.6) is 0 Å². The topological polar surface area (TPSA) is 94.4 Å². The highest BCUT2D eigenvalue weighted by molar-refractivity contribution is 5.76. The maximum absolute atomic E-state index is 12.2. The Hall–Kier alpha value is -0.730. The van der Waals surface area contributed by atoms with Gasteiger partial charge in [0.05, 0.1) is 0 Å². The maximum atomic E-state index is 12.2. The third-order valence-corrected chi connectivity index (χ3v) is 6.27. The fourth-order valence-corrected chi connectivity index (χ4v) is 5.66. The molecule has 0 saturated carbocycles. The van der Waals surface area contributed by atoms with E-state index in [0.29, 0.717) is 30.3 Å². The second kappa shape index (κ2) is 17.8. The van der Waals surface area contributed by atoms with Gasteiger partial charge in [0.2, 0.25) is 5.91 Å². The summed E-state index contributed by atoms with van der Waals surface area (Å²) >= 11 is 0. The van der Waals surface area contributed by atoms with E-state index in [4.69, 9.17) is 5.73 Å². The Morgan fingerprint density at radius 3 is 1.73 bits per heavy atom. The van der Waals surface area contributed by atoms with Crippen molar-refractivity contribution in [2.45, 2.75) is 94.9 Å². The quantitative estimate of drug-likeness (QED) is 0.146. The number of hydrogen-bond acceptors (Lipinski definition) is 6. The monoisotopic (exact) mass is 527 g/mol. The second-order valence-electron chi connectivity index (χ2n) is 15.0. The summed E-state index contributed by atoms with van der Waals surface area (Å²) in [5, 5.41) is 13.7. The summed E-state index contributed by atoms with van der Waals surface area (Å²) in [4.78, 5) is 14.6. The fraction of sp³-hybridized carbons (Fsp3) is 0.967. The van der Waals surface area contributed by atoms with Crippen LogP contribution in [0.1, 0.15) is 94.9 Å². The zero-order valence-electron chi connectivity index (χ0n) is 26.5. The molecule has 7 nitrogen and oxygen atoms in total. The smallest absolute Gasteiger partial charge is 0.221 e. The van der Waals surface area contributed by atoms with Crippen molar-refractivity contribution in [2.75, 3.05) is 72.0 Å². The average Bonchev–Trinajstić information content (AvgIpc) is 2.70. The van der Waals surface area contributed by atoms with Gasteiger partial charge in [0.15, 0.2) is 0 Å². The molecule has 0 aliphatic rings. The maximum Gasteiger partial charge on any atom is 0.221 e. The van der Waals surface area contributed by atoms with Crippen molar-refractivity contribution < 1.29 is 4.79 Å². The highest BCUT2D eigenvalue weighted by atomic mass is 16.1. The SMILES string of the molecule is CC(C)(C)CC(C)(C)CNCCCN(CCN)CCNCCNCCC(=O)NCC(C)(C)CC(C)(C)C. The first-order valence-corrected chi connectivity index (χ1v) is 14.8. The first kappa shape index (κ1) is 36.3. The van der Waals surface area contributed by atoms with Crippen LogP contribution in [0.25, 0.3) is 0 Å². The molecule has 37 heavy (non-hydrogen) atoms. The molecule has 0 aromatic heterocycles. The van der Waals surface area contributed by atoms with E-state index in [0.717, 1.165) is 71.7 Å². The number of carbonyl (C=O) groups is 1. The summed E-state index contributed by atoms with van der Waals surface area (Å²) in [5.74, 6) is 0.132. The lowest BCUT2D eigenvalue weighted by atomic mass is 9.76. The van der Waals surface area contributed by atoms with E-state index in [1.807, 2.05) is 0 Å². The number of rotatable bonds is 21. The lowest BCUT2D eigenvalue weighted by Crippen LogP contribution is -2.39. The fourth-order valence-electron chi connectivity index (χ4n) is 5.66. The Balaban J connectivity index is 3.87. The van der Waals surface area contributed by atoms with Gasteiger partial charge in [-0.05, 0) is 54.0 Å². The molecule has 1 amide bonds. The molecule has 0 unspecified atom stereocenters. The van der Waals surface area contributed by atoms with Gasteiger partial charge >= 0.3 is 0 Å².